The van der Waals surface area contributed by atoms with Gasteiger partial charge in [0.25, 0.3) is 0 Å². The van der Waals surface area contributed by atoms with Crippen LogP contribution in [0, 0.1) is 0 Å². The highest BCUT2D eigenvalue weighted by Crippen LogP contribution is 2.17. The molecule has 2 aromatic rings. The first-order valence-electron chi connectivity index (χ1n) is 5.05. The number of aromatic amines is 1. The van der Waals surface area contributed by atoms with Gasteiger partial charge >= 0.3 is 0 Å². The van der Waals surface area contributed by atoms with Crippen molar-refractivity contribution in [2.24, 2.45) is 0 Å². The molecule has 0 saturated carbocycles. The SMILES string of the molecule is CCNc1cnc(CSc2ncc[nH]2)cn1. The molecule has 0 bridgehead atoms. The Balaban J connectivity index is 1.90. The van der Waals surface area contributed by atoms with Gasteiger partial charge in [0.15, 0.2) is 5.16 Å². The Morgan fingerprint density at radius 1 is 1.31 bits per heavy atom. The van der Waals surface area contributed by atoms with Crippen molar-refractivity contribution in [2.45, 2.75) is 17.8 Å². The van der Waals surface area contributed by atoms with Crippen LogP contribution in [-0.4, -0.2) is 26.5 Å². The summed E-state index contributed by atoms with van der Waals surface area (Å²) < 4.78 is 0. The van der Waals surface area contributed by atoms with Gasteiger partial charge in [-0.05, 0) is 6.92 Å². The molecule has 84 valence electrons. The third kappa shape index (κ3) is 2.96. The van der Waals surface area contributed by atoms with Gasteiger partial charge in [-0.2, -0.15) is 0 Å². The molecule has 0 saturated heterocycles. The maximum atomic E-state index is 4.31. The van der Waals surface area contributed by atoms with Crippen molar-refractivity contribution in [3.63, 3.8) is 0 Å². The number of thioether (sulfide) groups is 1. The van der Waals surface area contributed by atoms with Crippen molar-refractivity contribution in [3.05, 3.63) is 30.5 Å². The molecule has 2 aromatic heterocycles. The molecular formula is C10H13N5S. The lowest BCUT2D eigenvalue weighted by molar-refractivity contribution is 1.04. The van der Waals surface area contributed by atoms with Crippen LogP contribution in [0.4, 0.5) is 5.82 Å². The second-order valence-corrected chi connectivity index (χ2v) is 4.07. The summed E-state index contributed by atoms with van der Waals surface area (Å²) >= 11 is 1.61. The number of hydrogen-bond donors (Lipinski definition) is 2. The third-order valence-corrected chi connectivity index (χ3v) is 2.83. The summed E-state index contributed by atoms with van der Waals surface area (Å²) in [6, 6.07) is 0. The summed E-state index contributed by atoms with van der Waals surface area (Å²) in [4.78, 5) is 15.7. The predicted octanol–water partition coefficient (Wildman–Crippen LogP) is 1.92. The number of rotatable bonds is 5. The van der Waals surface area contributed by atoms with E-state index in [9.17, 15) is 0 Å². The van der Waals surface area contributed by atoms with Crippen LogP contribution in [0.1, 0.15) is 12.6 Å². The van der Waals surface area contributed by atoms with Crippen molar-refractivity contribution < 1.29 is 0 Å². The van der Waals surface area contributed by atoms with Crippen molar-refractivity contribution in [1.29, 1.82) is 0 Å². The third-order valence-electron chi connectivity index (χ3n) is 1.89. The largest absolute Gasteiger partial charge is 0.369 e. The Morgan fingerprint density at radius 3 is 2.88 bits per heavy atom. The van der Waals surface area contributed by atoms with Crippen LogP contribution in [0.3, 0.4) is 0 Å². The zero-order valence-corrected chi connectivity index (χ0v) is 9.79. The molecule has 0 amide bonds. The molecule has 0 spiro atoms. The van der Waals surface area contributed by atoms with Crippen molar-refractivity contribution in [1.82, 2.24) is 19.9 Å². The maximum Gasteiger partial charge on any atom is 0.165 e. The van der Waals surface area contributed by atoms with E-state index in [0.717, 1.165) is 29.0 Å². The van der Waals surface area contributed by atoms with E-state index in [-0.39, 0.29) is 0 Å². The number of nitrogens with zero attached hydrogens (tertiary/aromatic N) is 3. The molecule has 0 fully saturated rings. The summed E-state index contributed by atoms with van der Waals surface area (Å²) in [6.07, 6.45) is 7.08. The van der Waals surface area contributed by atoms with Gasteiger partial charge in [-0.15, -0.1) is 0 Å². The summed E-state index contributed by atoms with van der Waals surface area (Å²) in [5.74, 6) is 1.58. The molecule has 6 heteroatoms. The van der Waals surface area contributed by atoms with Crippen LogP contribution in [-0.2, 0) is 5.75 Å². The predicted molar refractivity (Wildman–Crippen MR) is 64.3 cm³/mol. The lowest BCUT2D eigenvalue weighted by Crippen LogP contribution is -2.00. The smallest absolute Gasteiger partial charge is 0.165 e. The van der Waals surface area contributed by atoms with E-state index < -0.39 is 0 Å². The molecule has 16 heavy (non-hydrogen) atoms. The van der Waals surface area contributed by atoms with Gasteiger partial charge in [0.2, 0.25) is 0 Å². The number of imidazole rings is 1. The van der Waals surface area contributed by atoms with E-state index in [0.29, 0.717) is 0 Å². The number of aromatic nitrogens is 4. The summed E-state index contributed by atoms with van der Waals surface area (Å²) in [7, 11) is 0. The van der Waals surface area contributed by atoms with Gasteiger partial charge in [-0.1, -0.05) is 11.8 Å². The lowest BCUT2D eigenvalue weighted by Gasteiger charge is -2.02. The summed E-state index contributed by atoms with van der Waals surface area (Å²) in [6.45, 7) is 2.89. The van der Waals surface area contributed by atoms with E-state index in [1.807, 2.05) is 13.1 Å². The van der Waals surface area contributed by atoms with Gasteiger partial charge in [0.1, 0.15) is 5.82 Å². The van der Waals surface area contributed by atoms with Crippen LogP contribution < -0.4 is 5.32 Å². The van der Waals surface area contributed by atoms with E-state index in [1.54, 1.807) is 30.4 Å². The fourth-order valence-electron chi connectivity index (χ4n) is 1.17. The van der Waals surface area contributed by atoms with E-state index in [2.05, 4.69) is 25.3 Å². The monoisotopic (exact) mass is 235 g/mol. The summed E-state index contributed by atoms with van der Waals surface area (Å²) in [5, 5.41) is 4.01. The Bertz CT molecular complexity index is 411. The fourth-order valence-corrected chi connectivity index (χ4v) is 1.89. The molecular weight excluding hydrogens is 222 g/mol. The minimum atomic E-state index is 0.771. The van der Waals surface area contributed by atoms with Crippen molar-refractivity contribution in [2.75, 3.05) is 11.9 Å². The topological polar surface area (TPSA) is 66.5 Å². The van der Waals surface area contributed by atoms with Crippen LogP contribution >= 0.6 is 11.8 Å². The summed E-state index contributed by atoms with van der Waals surface area (Å²) in [5.41, 5.74) is 0.947. The fraction of sp³-hybridized carbons (Fsp3) is 0.300. The van der Waals surface area contributed by atoms with Crippen LogP contribution in [0.25, 0.3) is 0 Å². The lowest BCUT2D eigenvalue weighted by atomic mass is 10.5. The number of hydrogen-bond acceptors (Lipinski definition) is 5. The van der Waals surface area contributed by atoms with Gasteiger partial charge < -0.3 is 10.3 Å². The van der Waals surface area contributed by atoms with Crippen LogP contribution in [0.15, 0.2) is 29.9 Å². The van der Waals surface area contributed by atoms with Gasteiger partial charge in [-0.25, -0.2) is 9.97 Å². The minimum absolute atomic E-state index is 0.771. The Kier molecular flexibility index (Phi) is 3.76. The van der Waals surface area contributed by atoms with Crippen molar-refractivity contribution in [3.8, 4) is 0 Å². The molecule has 2 rings (SSSR count). The number of H-pyrrole nitrogens is 1. The van der Waals surface area contributed by atoms with E-state index in [4.69, 9.17) is 0 Å². The van der Waals surface area contributed by atoms with E-state index in [1.165, 1.54) is 0 Å². The zero-order chi connectivity index (χ0) is 11.2. The molecule has 5 nitrogen and oxygen atoms in total. The quantitative estimate of drug-likeness (QED) is 0.775. The first-order chi connectivity index (χ1) is 7.88. The highest BCUT2D eigenvalue weighted by molar-refractivity contribution is 7.98. The van der Waals surface area contributed by atoms with Crippen molar-refractivity contribution >= 4 is 17.6 Å². The molecule has 0 atom stereocenters. The minimum Gasteiger partial charge on any atom is -0.369 e. The molecule has 0 aliphatic carbocycles. The van der Waals surface area contributed by atoms with Crippen LogP contribution in [0.2, 0.25) is 0 Å². The molecule has 0 aliphatic rings. The first-order valence-corrected chi connectivity index (χ1v) is 6.04. The molecule has 2 heterocycles. The highest BCUT2D eigenvalue weighted by atomic mass is 32.2. The molecule has 0 radical (unpaired) electrons. The second-order valence-electron chi connectivity index (χ2n) is 3.11. The Labute approximate surface area is 98.1 Å². The standard InChI is InChI=1S/C10H13N5S/c1-2-11-9-6-14-8(5-15-9)7-16-10-12-3-4-13-10/h3-6H,2,7H2,1H3,(H,11,15)(H,12,13). The zero-order valence-electron chi connectivity index (χ0n) is 8.97. The van der Waals surface area contributed by atoms with Gasteiger partial charge in [-0.3, -0.25) is 4.98 Å². The number of nitrogens with one attached hydrogen (secondary N) is 2. The average Bonchev–Trinajstić information content (AvgIpc) is 2.82. The molecule has 0 aromatic carbocycles. The normalized spacial score (nSPS) is 10.3. The van der Waals surface area contributed by atoms with E-state index >= 15 is 0 Å². The average molecular weight is 235 g/mol. The molecule has 2 N–H and O–H groups in total. The highest BCUT2D eigenvalue weighted by Gasteiger charge is 2.00. The maximum absolute atomic E-state index is 4.31. The second kappa shape index (κ2) is 5.50. The van der Waals surface area contributed by atoms with Gasteiger partial charge in [0, 0.05) is 24.7 Å². The Morgan fingerprint density at radius 2 is 2.25 bits per heavy atom. The first kappa shape index (κ1) is 10.9. The molecule has 0 aliphatic heterocycles. The van der Waals surface area contributed by atoms with Crippen LogP contribution in [0.5, 0.6) is 0 Å². The molecule has 0 unspecified atom stereocenters. The Hall–Kier alpha value is -1.56. The van der Waals surface area contributed by atoms with Gasteiger partial charge in [0.05, 0.1) is 18.1 Å². The number of anilines is 1.